The van der Waals surface area contributed by atoms with Gasteiger partial charge in [0.2, 0.25) is 29.5 Å². The number of primary amides is 2. The van der Waals surface area contributed by atoms with Crippen molar-refractivity contribution < 1.29 is 56.6 Å². The summed E-state index contributed by atoms with van der Waals surface area (Å²) in [5, 5.41) is 22.9. The maximum absolute atomic E-state index is 14.2. The summed E-state index contributed by atoms with van der Waals surface area (Å²) in [6.45, 7) is 11.2. The SMILES string of the molecule is C1COCCN1.CC(C)N(CC(=O)NCc1cccc(Cl)c1F)C(=O)Cn1nc(C(N)=O)c2cc(C(=O)N=[N+]=[N-])ccc21.CC(C)N(CC(=O)NCc1cccc(Cl)c1F)C(=O)Cn1nc(C(N)=O)c2cc(NC(=O)N3CCOCC3)ccc21. The van der Waals surface area contributed by atoms with Crippen molar-refractivity contribution in [3.63, 3.8) is 0 Å². The average molecular weight is 1200 g/mol. The van der Waals surface area contributed by atoms with Gasteiger partial charge in [0, 0.05) is 89.4 Å². The van der Waals surface area contributed by atoms with E-state index in [1.807, 2.05) is 0 Å². The molecule has 0 bridgehead atoms. The van der Waals surface area contributed by atoms with Crippen molar-refractivity contribution in [3.05, 3.63) is 133 Å². The van der Waals surface area contributed by atoms with Crippen LogP contribution in [0.2, 0.25) is 10.0 Å². The summed E-state index contributed by atoms with van der Waals surface area (Å²) in [6, 6.07) is 16.8. The number of carbonyl (C=O) groups excluding carboxylic acids is 8. The molecule has 0 saturated carbocycles. The number of carbonyl (C=O) groups is 8. The summed E-state index contributed by atoms with van der Waals surface area (Å²) >= 11 is 11.6. The molecule has 2 saturated heterocycles. The van der Waals surface area contributed by atoms with Crippen LogP contribution in [0.5, 0.6) is 0 Å². The zero-order chi connectivity index (χ0) is 61.2. The Hall–Kier alpha value is -8.79. The molecule has 6 aromatic rings. The number of morpholine rings is 2. The predicted molar refractivity (Wildman–Crippen MR) is 305 cm³/mol. The molecular weight excluding hydrogens is 1140 g/mol. The van der Waals surface area contributed by atoms with Crippen molar-refractivity contribution in [1.82, 2.24) is 50.2 Å². The van der Waals surface area contributed by atoms with Crippen molar-refractivity contribution in [2.45, 2.75) is 66.0 Å². The van der Waals surface area contributed by atoms with E-state index < -0.39 is 53.0 Å². The quantitative estimate of drug-likeness (QED) is 0.0380. The lowest BCUT2D eigenvalue weighted by Crippen LogP contribution is -2.45. The highest BCUT2D eigenvalue weighted by molar-refractivity contribution is 6.31. The van der Waals surface area contributed by atoms with Gasteiger partial charge in [-0.25, -0.2) is 13.6 Å². The van der Waals surface area contributed by atoms with Crippen molar-refractivity contribution in [2.75, 3.05) is 71.0 Å². The first-order valence-corrected chi connectivity index (χ1v) is 26.9. The molecule has 446 valence electrons. The van der Waals surface area contributed by atoms with Gasteiger partial charge in [-0.2, -0.15) is 10.2 Å². The number of nitrogens with two attached hydrogens (primary N) is 2. The lowest BCUT2D eigenvalue weighted by molar-refractivity contribution is -0.138. The number of rotatable bonds is 18. The van der Waals surface area contributed by atoms with Crippen molar-refractivity contribution in [1.29, 1.82) is 0 Å². The number of anilines is 1. The fourth-order valence-corrected chi connectivity index (χ4v) is 8.88. The number of azide groups is 1. The zero-order valence-electron chi connectivity index (χ0n) is 46.2. The van der Waals surface area contributed by atoms with Gasteiger partial charge in [-0.15, -0.1) is 0 Å². The highest BCUT2D eigenvalue weighted by Gasteiger charge is 2.27. The third-order valence-corrected chi connectivity index (χ3v) is 13.4. The summed E-state index contributed by atoms with van der Waals surface area (Å²) < 4.78 is 41.1. The van der Waals surface area contributed by atoms with Crippen LogP contribution in [0.15, 0.2) is 77.9 Å². The number of aromatic nitrogens is 4. The second-order valence-corrected chi connectivity index (χ2v) is 20.1. The number of hydrogen-bond donors (Lipinski definition) is 6. The topological polar surface area (TPSA) is 349 Å². The number of nitrogens with zero attached hydrogens (tertiary/aromatic N) is 10. The lowest BCUT2D eigenvalue weighted by atomic mass is 10.1. The van der Waals surface area contributed by atoms with Gasteiger partial charge in [0.15, 0.2) is 11.4 Å². The molecule has 9 amide bonds. The molecule has 0 radical (unpaired) electrons. The van der Waals surface area contributed by atoms with Gasteiger partial charge in [-0.1, -0.05) is 47.5 Å². The Morgan fingerprint density at radius 1 is 0.702 bits per heavy atom. The van der Waals surface area contributed by atoms with Gasteiger partial charge in [-0.3, -0.25) is 42.9 Å². The Bertz CT molecular complexity index is 3460. The van der Waals surface area contributed by atoms with Crippen molar-refractivity contribution in [2.24, 2.45) is 16.6 Å². The first-order valence-electron chi connectivity index (χ1n) is 26.2. The van der Waals surface area contributed by atoms with E-state index in [1.54, 1.807) is 62.9 Å². The van der Waals surface area contributed by atoms with Gasteiger partial charge in [-0.05, 0) is 86.9 Å². The molecule has 2 aliphatic heterocycles. The van der Waals surface area contributed by atoms with E-state index >= 15 is 0 Å². The number of halogens is 4. The fourth-order valence-electron chi connectivity index (χ4n) is 8.49. The van der Waals surface area contributed by atoms with Crippen LogP contribution in [-0.4, -0.2) is 159 Å². The van der Waals surface area contributed by atoms with Crippen LogP contribution in [0.1, 0.15) is 70.2 Å². The molecule has 2 fully saturated rings. The van der Waals surface area contributed by atoms with Gasteiger partial charge >= 0.3 is 6.03 Å². The minimum absolute atomic E-state index is 0.00953. The number of amides is 9. The number of benzene rings is 4. The lowest BCUT2D eigenvalue weighted by Gasteiger charge is -2.27. The van der Waals surface area contributed by atoms with Gasteiger partial charge < -0.3 is 56.9 Å². The predicted octanol–water partition coefficient (Wildman–Crippen LogP) is 4.88. The Kier molecular flexibility index (Phi) is 23.4. The second-order valence-electron chi connectivity index (χ2n) is 19.3. The summed E-state index contributed by atoms with van der Waals surface area (Å²) in [4.78, 5) is 107. The zero-order valence-corrected chi connectivity index (χ0v) is 47.7. The molecule has 8 N–H and O–H groups in total. The maximum Gasteiger partial charge on any atom is 0.321 e. The van der Waals surface area contributed by atoms with Crippen molar-refractivity contribution in [3.8, 4) is 0 Å². The maximum atomic E-state index is 14.2. The second kappa shape index (κ2) is 30.5. The van der Waals surface area contributed by atoms with Gasteiger partial charge in [0.25, 0.3) is 11.8 Å². The Labute approximate surface area is 489 Å². The van der Waals surface area contributed by atoms with Crippen LogP contribution < -0.4 is 32.7 Å². The smallest absolute Gasteiger partial charge is 0.321 e. The van der Waals surface area contributed by atoms with Crippen LogP contribution in [-0.2, 0) is 54.8 Å². The van der Waals surface area contributed by atoms with Crippen LogP contribution in [0.4, 0.5) is 19.3 Å². The molecule has 2 aliphatic rings. The highest BCUT2D eigenvalue weighted by Crippen LogP contribution is 2.25. The molecule has 0 unspecified atom stereocenters. The van der Waals surface area contributed by atoms with E-state index in [4.69, 9.17) is 49.7 Å². The number of ether oxygens (including phenoxy) is 2. The van der Waals surface area contributed by atoms with Crippen LogP contribution in [0.3, 0.4) is 0 Å². The van der Waals surface area contributed by atoms with E-state index in [-0.39, 0.29) is 101 Å². The molecule has 0 aliphatic carbocycles. The Morgan fingerprint density at radius 2 is 1.17 bits per heavy atom. The fraction of sp³-hybridized carbons (Fsp3) is 0.370. The number of hydrogen-bond acceptors (Lipinski definition) is 13. The number of nitrogens with one attached hydrogen (secondary N) is 4. The number of urea groups is 1. The van der Waals surface area contributed by atoms with Crippen LogP contribution >= 0.6 is 23.2 Å². The molecule has 8 rings (SSSR count). The summed E-state index contributed by atoms with van der Waals surface area (Å²) in [5.74, 6) is -5.75. The molecule has 2 aromatic heterocycles. The largest absolute Gasteiger partial charge is 0.379 e. The molecule has 4 heterocycles. The normalized spacial score (nSPS) is 13.0. The molecule has 4 aromatic carbocycles. The monoisotopic (exact) mass is 1200 g/mol. The van der Waals surface area contributed by atoms with E-state index in [1.165, 1.54) is 61.6 Å². The highest BCUT2D eigenvalue weighted by atomic mass is 35.5. The Morgan fingerprint density at radius 3 is 1.60 bits per heavy atom. The molecule has 84 heavy (non-hydrogen) atoms. The average Bonchev–Trinajstić information content (AvgIpc) is 2.75. The minimum Gasteiger partial charge on any atom is -0.379 e. The summed E-state index contributed by atoms with van der Waals surface area (Å²) in [5.41, 5.74) is 20.8. The van der Waals surface area contributed by atoms with E-state index in [0.717, 1.165) is 26.3 Å². The van der Waals surface area contributed by atoms with Crippen LogP contribution in [0.25, 0.3) is 32.2 Å². The Balaban J connectivity index is 0.000000245. The third-order valence-electron chi connectivity index (χ3n) is 12.8. The molecule has 26 nitrogen and oxygen atoms in total. The summed E-state index contributed by atoms with van der Waals surface area (Å²) in [7, 11) is 0. The van der Waals surface area contributed by atoms with Gasteiger partial charge in [0.1, 0.15) is 24.7 Å². The molecule has 0 atom stereocenters. The van der Waals surface area contributed by atoms with E-state index in [9.17, 15) is 47.1 Å². The summed E-state index contributed by atoms with van der Waals surface area (Å²) in [6.07, 6.45) is 0. The van der Waals surface area contributed by atoms with E-state index in [2.05, 4.69) is 41.5 Å². The first-order chi connectivity index (χ1) is 40.1. The first kappa shape index (κ1) is 64.4. The van der Waals surface area contributed by atoms with E-state index in [0.29, 0.717) is 48.4 Å². The molecule has 30 heteroatoms. The number of fused-ring (bicyclic) bond motifs is 2. The molecule has 0 spiro atoms. The molecular formula is C54H62Cl2F2N16O10. The van der Waals surface area contributed by atoms with Crippen molar-refractivity contribution >= 4 is 98.1 Å². The minimum atomic E-state index is -0.891. The van der Waals surface area contributed by atoms with Gasteiger partial charge in [0.05, 0.1) is 60.6 Å². The standard InChI is InChI=1S/C27H31ClFN7O5.C23H22ClFN8O4.C4H9NO/c1-16(2)35(14-22(37)31-13-17-4-3-5-20(28)24(17)29)23(38)15-36-21-7-6-18(12-19(21)25(33-36)26(30)39)32-27(40)34-8-10-41-11-9-34;1-12(2)32(10-18(34)28-9-14-4-3-5-16(24)20(14)25)19(35)11-33-17-7-6-13(23(37)29-31-27)8-15(17)21(30-33)22(26)36;1-3-6-4-2-5-1/h3-7,12,16H,8-11,13-15H2,1-2H3,(H2,30,39)(H,31,37)(H,32,40);3-8,12H,9-11H2,1-2H3,(H2,26,36)(H,28,34);5H,1-4H2. The third kappa shape index (κ3) is 17.4. The van der Waals surface area contributed by atoms with Crippen LogP contribution in [0, 0.1) is 11.6 Å².